The maximum absolute atomic E-state index is 13.8. The van der Waals surface area contributed by atoms with Gasteiger partial charge in [0.1, 0.15) is 29.6 Å². The summed E-state index contributed by atoms with van der Waals surface area (Å²) in [6.45, 7) is 4.14. The molecular formula is C29H38N4O7. The predicted molar refractivity (Wildman–Crippen MR) is 147 cm³/mol. The van der Waals surface area contributed by atoms with E-state index in [1.54, 1.807) is 24.3 Å². The highest BCUT2D eigenvalue weighted by Gasteiger charge is 2.39. The summed E-state index contributed by atoms with van der Waals surface area (Å²) in [6, 6.07) is 8.29. The first-order chi connectivity index (χ1) is 18.9. The molecule has 40 heavy (non-hydrogen) atoms. The van der Waals surface area contributed by atoms with Crippen molar-refractivity contribution in [2.75, 3.05) is 6.54 Å². The number of phenolic OH excluding ortho intramolecular Hbond substituents is 2. The van der Waals surface area contributed by atoms with Crippen molar-refractivity contribution in [3.05, 3.63) is 59.7 Å². The molecule has 3 amide bonds. The van der Waals surface area contributed by atoms with Crippen molar-refractivity contribution < 1.29 is 34.5 Å². The molecule has 1 saturated heterocycles. The second-order valence-electron chi connectivity index (χ2n) is 10.6. The van der Waals surface area contributed by atoms with Gasteiger partial charge < -0.3 is 36.6 Å². The van der Waals surface area contributed by atoms with Crippen LogP contribution in [0.2, 0.25) is 0 Å². The third-order valence-electron chi connectivity index (χ3n) is 6.88. The van der Waals surface area contributed by atoms with Crippen molar-refractivity contribution in [1.29, 1.82) is 0 Å². The summed E-state index contributed by atoms with van der Waals surface area (Å²) in [5, 5.41) is 34.1. The Hall–Kier alpha value is -4.12. The number of nitrogens with zero attached hydrogens (tertiary/aromatic N) is 1. The highest BCUT2D eigenvalue weighted by atomic mass is 16.4. The molecule has 216 valence electrons. The molecule has 1 aliphatic rings. The average molecular weight is 555 g/mol. The summed E-state index contributed by atoms with van der Waals surface area (Å²) in [7, 11) is 0. The van der Waals surface area contributed by atoms with Crippen molar-refractivity contribution >= 4 is 23.7 Å². The Morgan fingerprint density at radius 2 is 1.43 bits per heavy atom. The first-order valence-electron chi connectivity index (χ1n) is 13.4. The van der Waals surface area contributed by atoms with E-state index >= 15 is 0 Å². The molecule has 0 radical (unpaired) electrons. The Labute approximate surface area is 233 Å². The Morgan fingerprint density at radius 3 is 1.93 bits per heavy atom. The number of carbonyl (C=O) groups excluding carboxylic acids is 3. The van der Waals surface area contributed by atoms with E-state index in [-0.39, 0.29) is 36.8 Å². The first kappa shape index (κ1) is 30.4. The van der Waals surface area contributed by atoms with E-state index in [2.05, 4.69) is 10.6 Å². The van der Waals surface area contributed by atoms with E-state index in [0.29, 0.717) is 30.4 Å². The SMILES string of the molecule is CC(C)CC(N)C(=O)NC(Cc1ccc(O)cc1)C(=O)N1CCCC1C(=O)NC(Cc1ccc(O)cc1)C(=O)O. The van der Waals surface area contributed by atoms with Crippen LogP contribution in [0.25, 0.3) is 0 Å². The van der Waals surface area contributed by atoms with Crippen LogP contribution >= 0.6 is 0 Å². The molecule has 0 aliphatic carbocycles. The van der Waals surface area contributed by atoms with Gasteiger partial charge in [-0.25, -0.2) is 4.79 Å². The van der Waals surface area contributed by atoms with Gasteiger partial charge in [-0.2, -0.15) is 0 Å². The van der Waals surface area contributed by atoms with Gasteiger partial charge >= 0.3 is 5.97 Å². The molecule has 0 spiro atoms. The summed E-state index contributed by atoms with van der Waals surface area (Å²) < 4.78 is 0. The molecule has 1 aliphatic heterocycles. The zero-order valence-electron chi connectivity index (χ0n) is 22.7. The normalized spacial score (nSPS) is 17.2. The smallest absolute Gasteiger partial charge is 0.326 e. The van der Waals surface area contributed by atoms with E-state index in [9.17, 15) is 34.5 Å². The monoisotopic (exact) mass is 554 g/mol. The van der Waals surface area contributed by atoms with Gasteiger partial charge in [-0.1, -0.05) is 38.1 Å². The molecule has 1 fully saturated rings. The third kappa shape index (κ3) is 8.44. The van der Waals surface area contributed by atoms with E-state index in [0.717, 1.165) is 0 Å². The minimum atomic E-state index is -1.24. The fraction of sp³-hybridized carbons (Fsp3) is 0.448. The molecule has 2 aromatic carbocycles. The van der Waals surface area contributed by atoms with Gasteiger partial charge in [-0.3, -0.25) is 14.4 Å². The quantitative estimate of drug-likeness (QED) is 0.227. The Kier molecular flexibility index (Phi) is 10.5. The number of likely N-dealkylation sites (tertiary alicyclic amines) is 1. The summed E-state index contributed by atoms with van der Waals surface area (Å²) in [5.74, 6) is -2.50. The minimum Gasteiger partial charge on any atom is -0.508 e. The second kappa shape index (κ2) is 13.8. The number of nitrogens with one attached hydrogen (secondary N) is 2. The standard InChI is InChI=1S/C29H38N4O7/c1-17(2)14-22(30)26(36)31-23(15-18-5-9-20(34)10-6-18)28(38)33-13-3-4-25(33)27(37)32-24(29(39)40)16-19-7-11-21(35)12-8-19/h5-12,17,22-25,34-35H,3-4,13-16,30H2,1-2H3,(H,31,36)(H,32,37)(H,39,40). The van der Waals surface area contributed by atoms with Crippen LogP contribution in [0, 0.1) is 5.92 Å². The van der Waals surface area contributed by atoms with E-state index < -0.39 is 47.9 Å². The van der Waals surface area contributed by atoms with Gasteiger partial charge in [-0.15, -0.1) is 0 Å². The van der Waals surface area contributed by atoms with Gasteiger partial charge in [0.25, 0.3) is 0 Å². The number of aliphatic carboxylic acids is 1. The minimum absolute atomic E-state index is 0.00467. The molecular weight excluding hydrogens is 516 g/mol. The van der Waals surface area contributed by atoms with Crippen LogP contribution in [0.4, 0.5) is 0 Å². The van der Waals surface area contributed by atoms with E-state index in [4.69, 9.17) is 5.73 Å². The fourth-order valence-corrected chi connectivity index (χ4v) is 4.80. The number of hydrogen-bond donors (Lipinski definition) is 6. The number of benzene rings is 2. The molecule has 2 aromatic rings. The molecule has 11 nitrogen and oxygen atoms in total. The highest BCUT2D eigenvalue weighted by Crippen LogP contribution is 2.21. The number of hydrogen-bond acceptors (Lipinski definition) is 7. The van der Waals surface area contributed by atoms with Crippen molar-refractivity contribution in [3.8, 4) is 11.5 Å². The summed E-state index contributed by atoms with van der Waals surface area (Å²) in [5.41, 5.74) is 7.36. The number of rotatable bonds is 12. The molecule has 0 saturated carbocycles. The van der Waals surface area contributed by atoms with Gasteiger partial charge in [0.2, 0.25) is 17.7 Å². The van der Waals surface area contributed by atoms with E-state index in [1.165, 1.54) is 29.2 Å². The lowest BCUT2D eigenvalue weighted by molar-refractivity contribution is -0.144. The molecule has 0 bridgehead atoms. The van der Waals surface area contributed by atoms with Crippen LogP contribution in [-0.4, -0.2) is 74.6 Å². The van der Waals surface area contributed by atoms with Crippen LogP contribution in [-0.2, 0) is 32.0 Å². The number of aromatic hydroxyl groups is 2. The topological polar surface area (TPSA) is 182 Å². The second-order valence-corrected chi connectivity index (χ2v) is 10.6. The van der Waals surface area contributed by atoms with Gasteiger partial charge in [0.15, 0.2) is 0 Å². The predicted octanol–water partition coefficient (Wildman–Crippen LogP) is 1.30. The maximum atomic E-state index is 13.8. The van der Waals surface area contributed by atoms with Crippen molar-refractivity contribution in [2.24, 2.45) is 11.7 Å². The van der Waals surface area contributed by atoms with Crippen molar-refractivity contribution in [2.45, 2.75) is 70.1 Å². The highest BCUT2D eigenvalue weighted by molar-refractivity contribution is 5.94. The molecule has 3 rings (SSSR count). The average Bonchev–Trinajstić information content (AvgIpc) is 3.39. The lowest BCUT2D eigenvalue weighted by Crippen LogP contribution is -2.57. The van der Waals surface area contributed by atoms with Crippen molar-refractivity contribution in [1.82, 2.24) is 15.5 Å². The van der Waals surface area contributed by atoms with E-state index in [1.807, 2.05) is 13.8 Å². The Morgan fingerprint density at radius 1 is 0.900 bits per heavy atom. The van der Waals surface area contributed by atoms with Crippen LogP contribution < -0.4 is 16.4 Å². The number of phenols is 2. The molecule has 11 heteroatoms. The molecule has 4 unspecified atom stereocenters. The lowest BCUT2D eigenvalue weighted by Gasteiger charge is -2.30. The van der Waals surface area contributed by atoms with Crippen LogP contribution in [0.3, 0.4) is 0 Å². The van der Waals surface area contributed by atoms with Crippen molar-refractivity contribution in [3.63, 3.8) is 0 Å². The Balaban J connectivity index is 1.76. The van der Waals surface area contributed by atoms with Crippen LogP contribution in [0.5, 0.6) is 11.5 Å². The molecule has 4 atom stereocenters. The maximum Gasteiger partial charge on any atom is 0.326 e. The molecule has 7 N–H and O–H groups in total. The third-order valence-corrected chi connectivity index (χ3v) is 6.88. The number of amides is 3. The summed E-state index contributed by atoms with van der Waals surface area (Å²) >= 11 is 0. The fourth-order valence-electron chi connectivity index (χ4n) is 4.80. The lowest BCUT2D eigenvalue weighted by atomic mass is 10.0. The number of carboxylic acid groups (broad SMARTS) is 1. The van der Waals surface area contributed by atoms with Gasteiger partial charge in [0.05, 0.1) is 6.04 Å². The molecule has 1 heterocycles. The van der Waals surface area contributed by atoms with Gasteiger partial charge in [-0.05, 0) is 60.6 Å². The van der Waals surface area contributed by atoms with Crippen LogP contribution in [0.15, 0.2) is 48.5 Å². The zero-order chi connectivity index (χ0) is 29.4. The largest absolute Gasteiger partial charge is 0.508 e. The first-order valence-corrected chi connectivity index (χ1v) is 13.4. The van der Waals surface area contributed by atoms with Gasteiger partial charge in [0, 0.05) is 19.4 Å². The number of carbonyl (C=O) groups is 4. The number of nitrogens with two attached hydrogens (primary N) is 1. The number of carboxylic acids is 1. The van der Waals surface area contributed by atoms with Crippen LogP contribution in [0.1, 0.15) is 44.2 Å². The molecule has 0 aromatic heterocycles. The summed E-state index contributed by atoms with van der Waals surface area (Å²) in [4.78, 5) is 53.2. The zero-order valence-corrected chi connectivity index (χ0v) is 22.7. The summed E-state index contributed by atoms with van der Waals surface area (Å²) in [6.07, 6.45) is 1.42. The Bertz CT molecular complexity index is 1180.